The van der Waals surface area contributed by atoms with E-state index in [9.17, 15) is 9.59 Å². The van der Waals surface area contributed by atoms with Crippen molar-refractivity contribution in [2.75, 3.05) is 18.6 Å². The fourth-order valence-electron chi connectivity index (χ4n) is 4.65. The summed E-state index contributed by atoms with van der Waals surface area (Å²) in [4.78, 5) is 25.3. The second-order valence-electron chi connectivity index (χ2n) is 7.94. The largest absolute Gasteiger partial charge is 0.513 e. The maximum Gasteiger partial charge on any atom is 0.513 e. The van der Waals surface area contributed by atoms with Crippen LogP contribution in [0.25, 0.3) is 16.7 Å². The van der Waals surface area contributed by atoms with E-state index in [1.54, 1.807) is 12.1 Å². The first-order valence-electron chi connectivity index (χ1n) is 10.3. The number of aryl methyl sites for hydroxylation is 1. The number of Topliss-reactive ketones (excluding diaryl/α,β-unsaturated/α-hetero) is 1. The fourth-order valence-corrected chi connectivity index (χ4v) is 4.65. The van der Waals surface area contributed by atoms with E-state index in [1.807, 2.05) is 31.2 Å². The predicted octanol–water partition coefficient (Wildman–Crippen LogP) is 4.57. The van der Waals surface area contributed by atoms with Crippen molar-refractivity contribution >= 4 is 28.9 Å². The molecule has 0 aromatic heterocycles. The zero-order valence-electron chi connectivity index (χ0n) is 17.2. The van der Waals surface area contributed by atoms with Crippen molar-refractivity contribution in [3.63, 3.8) is 0 Å². The maximum atomic E-state index is 13.4. The highest BCUT2D eigenvalue weighted by molar-refractivity contribution is 6.24. The van der Waals surface area contributed by atoms with Crippen LogP contribution in [0.4, 0.5) is 16.2 Å². The number of hydrogen-bond donors (Lipinski definition) is 2. The quantitative estimate of drug-likeness (QED) is 0.569. The highest BCUT2D eigenvalue weighted by Crippen LogP contribution is 2.48. The van der Waals surface area contributed by atoms with Crippen molar-refractivity contribution in [1.82, 2.24) is 0 Å². The topological polar surface area (TPSA) is 105 Å². The van der Waals surface area contributed by atoms with E-state index in [0.717, 1.165) is 47.9 Å². The standard InChI is InChI=1S/C24H26N2O4/c1-3-13-4-5-14(18-9-8-17(25)12-20(18)26)11-19(13)21-22(27)15-6-7-16(10-15)23(21)30-24(28)29-2/h4-5,8-9,11-12,15-16H,3,6-7,10,25-26H2,1-2H3/t15-,16-/m0/s1. The fraction of sp³-hybridized carbons (Fsp3) is 0.333. The smallest absolute Gasteiger partial charge is 0.437 e. The SMILES string of the molecule is CCc1ccc(-c2ccc(N)cc2N)cc1C1=C(OC(=O)OC)[C@H]2CC[C@@H](C2)C1=O. The molecule has 4 rings (SSSR count). The molecule has 2 aliphatic carbocycles. The van der Waals surface area contributed by atoms with Crippen molar-refractivity contribution in [1.29, 1.82) is 0 Å². The van der Waals surface area contributed by atoms with Gasteiger partial charge in [0.2, 0.25) is 0 Å². The molecule has 0 heterocycles. The predicted molar refractivity (Wildman–Crippen MR) is 116 cm³/mol. The van der Waals surface area contributed by atoms with Crippen molar-refractivity contribution in [2.45, 2.75) is 32.6 Å². The Balaban J connectivity index is 1.90. The van der Waals surface area contributed by atoms with Gasteiger partial charge in [0.1, 0.15) is 5.76 Å². The molecule has 2 aromatic carbocycles. The van der Waals surface area contributed by atoms with Crippen LogP contribution in [0, 0.1) is 11.8 Å². The number of carbonyl (C=O) groups excluding carboxylic acids is 2. The molecule has 30 heavy (non-hydrogen) atoms. The van der Waals surface area contributed by atoms with Gasteiger partial charge in [-0.25, -0.2) is 4.79 Å². The lowest BCUT2D eigenvalue weighted by Gasteiger charge is -2.26. The molecule has 6 nitrogen and oxygen atoms in total. The monoisotopic (exact) mass is 406 g/mol. The Morgan fingerprint density at radius 3 is 2.53 bits per heavy atom. The van der Waals surface area contributed by atoms with Gasteiger partial charge in [-0.1, -0.05) is 25.1 Å². The van der Waals surface area contributed by atoms with Crippen molar-refractivity contribution in [3.8, 4) is 11.1 Å². The van der Waals surface area contributed by atoms with Crippen LogP contribution in [0.3, 0.4) is 0 Å². The van der Waals surface area contributed by atoms with E-state index in [4.69, 9.17) is 20.9 Å². The summed E-state index contributed by atoms with van der Waals surface area (Å²) in [5, 5.41) is 0. The van der Waals surface area contributed by atoms with Crippen LogP contribution < -0.4 is 11.5 Å². The number of benzene rings is 2. The first kappa shape index (κ1) is 20.0. The molecule has 1 fully saturated rings. The maximum absolute atomic E-state index is 13.4. The second-order valence-corrected chi connectivity index (χ2v) is 7.94. The van der Waals surface area contributed by atoms with Gasteiger partial charge in [0.05, 0.1) is 12.7 Å². The Labute approximate surface area is 175 Å². The molecule has 6 heteroatoms. The van der Waals surface area contributed by atoms with Gasteiger partial charge in [0.15, 0.2) is 5.78 Å². The molecule has 2 aliphatic rings. The molecule has 0 saturated heterocycles. The van der Waals surface area contributed by atoms with Crippen LogP contribution in [0.2, 0.25) is 0 Å². The Hall–Kier alpha value is -3.28. The lowest BCUT2D eigenvalue weighted by Crippen LogP contribution is -2.24. The molecule has 1 saturated carbocycles. The van der Waals surface area contributed by atoms with E-state index in [0.29, 0.717) is 22.7 Å². The van der Waals surface area contributed by atoms with E-state index in [2.05, 4.69) is 0 Å². The van der Waals surface area contributed by atoms with Crippen LogP contribution in [0.1, 0.15) is 37.3 Å². The molecule has 4 N–H and O–H groups in total. The minimum absolute atomic E-state index is 0.0232. The van der Waals surface area contributed by atoms with E-state index in [1.165, 1.54) is 7.11 Å². The van der Waals surface area contributed by atoms with Crippen LogP contribution in [-0.4, -0.2) is 19.0 Å². The molecular weight excluding hydrogens is 380 g/mol. The molecule has 2 aromatic rings. The summed E-state index contributed by atoms with van der Waals surface area (Å²) in [7, 11) is 1.27. The number of anilines is 2. The van der Waals surface area contributed by atoms with Gasteiger partial charge >= 0.3 is 6.16 Å². The first-order chi connectivity index (χ1) is 14.4. The number of hydrogen-bond acceptors (Lipinski definition) is 6. The van der Waals surface area contributed by atoms with Crippen LogP contribution >= 0.6 is 0 Å². The molecule has 0 amide bonds. The summed E-state index contributed by atoms with van der Waals surface area (Å²) in [6, 6.07) is 11.4. The summed E-state index contributed by atoms with van der Waals surface area (Å²) in [5.74, 6) is 0.513. The van der Waals surface area contributed by atoms with Gasteiger partial charge in [0.25, 0.3) is 0 Å². The van der Waals surface area contributed by atoms with E-state index >= 15 is 0 Å². The zero-order valence-corrected chi connectivity index (χ0v) is 17.2. The molecule has 2 bridgehead atoms. The van der Waals surface area contributed by atoms with Gasteiger partial charge in [-0.3, -0.25) is 4.79 Å². The van der Waals surface area contributed by atoms with E-state index < -0.39 is 6.16 Å². The number of nitrogen functional groups attached to an aromatic ring is 2. The zero-order chi connectivity index (χ0) is 21.4. The summed E-state index contributed by atoms with van der Waals surface area (Å²) in [6.07, 6.45) is 2.31. The summed E-state index contributed by atoms with van der Waals surface area (Å²) < 4.78 is 10.3. The number of fused-ring (bicyclic) bond motifs is 2. The molecule has 2 atom stereocenters. The first-order valence-corrected chi connectivity index (χ1v) is 10.3. The Morgan fingerprint density at radius 2 is 1.83 bits per heavy atom. The van der Waals surface area contributed by atoms with Gasteiger partial charge in [-0.15, -0.1) is 0 Å². The van der Waals surface area contributed by atoms with Gasteiger partial charge < -0.3 is 20.9 Å². The number of allylic oxidation sites excluding steroid dienone is 2. The summed E-state index contributed by atoms with van der Waals surface area (Å²) in [5.41, 5.74) is 17.3. The highest BCUT2D eigenvalue weighted by Gasteiger charge is 2.43. The molecular formula is C24H26N2O4. The highest BCUT2D eigenvalue weighted by atomic mass is 16.7. The number of rotatable bonds is 4. The Bertz CT molecular complexity index is 1060. The number of carbonyl (C=O) groups is 2. The molecule has 0 unspecified atom stereocenters. The van der Waals surface area contributed by atoms with Crippen LogP contribution in [0.15, 0.2) is 42.2 Å². The second kappa shape index (κ2) is 7.86. The molecule has 0 spiro atoms. The third-order valence-electron chi connectivity index (χ3n) is 6.17. The third-order valence-corrected chi connectivity index (χ3v) is 6.17. The lowest BCUT2D eigenvalue weighted by molar-refractivity contribution is -0.117. The number of nitrogens with two attached hydrogens (primary N) is 2. The van der Waals surface area contributed by atoms with Crippen LogP contribution in [0.5, 0.6) is 0 Å². The Morgan fingerprint density at radius 1 is 1.07 bits per heavy atom. The average Bonchev–Trinajstić information content (AvgIpc) is 3.18. The third kappa shape index (κ3) is 3.43. The summed E-state index contributed by atoms with van der Waals surface area (Å²) >= 11 is 0. The molecule has 0 aliphatic heterocycles. The molecule has 156 valence electrons. The average molecular weight is 406 g/mol. The van der Waals surface area contributed by atoms with Gasteiger partial charge in [-0.2, -0.15) is 0 Å². The lowest BCUT2D eigenvalue weighted by atomic mass is 9.80. The van der Waals surface area contributed by atoms with E-state index in [-0.39, 0.29) is 17.6 Å². The van der Waals surface area contributed by atoms with Gasteiger partial charge in [-0.05, 0) is 60.6 Å². The number of ketones is 1. The van der Waals surface area contributed by atoms with Gasteiger partial charge in [0, 0.05) is 28.8 Å². The number of ether oxygens (including phenoxy) is 2. The van der Waals surface area contributed by atoms with Crippen molar-refractivity contribution < 1.29 is 19.1 Å². The Kier molecular flexibility index (Phi) is 5.24. The van der Waals surface area contributed by atoms with Crippen molar-refractivity contribution in [2.24, 2.45) is 11.8 Å². The van der Waals surface area contributed by atoms with Crippen molar-refractivity contribution in [3.05, 3.63) is 53.3 Å². The number of methoxy groups -OCH3 is 1. The minimum atomic E-state index is -0.794. The summed E-state index contributed by atoms with van der Waals surface area (Å²) in [6.45, 7) is 2.04. The van der Waals surface area contributed by atoms with Crippen LogP contribution in [-0.2, 0) is 20.7 Å². The normalized spacial score (nSPS) is 20.4. The minimum Gasteiger partial charge on any atom is -0.437 e. The molecule has 0 radical (unpaired) electrons.